The Morgan fingerprint density at radius 3 is 2.56 bits per heavy atom. The lowest BCUT2D eigenvalue weighted by molar-refractivity contribution is -0.116. The molecule has 0 spiro atoms. The SMILES string of the molecule is CCCC(=O)Nc1ccc2c(c1)C(=O)N(C)C[C@H](OC)[C@H](C)CN(C(=O)c1ccncc1)[C@@H](C)CO2. The van der Waals surface area contributed by atoms with Crippen molar-refractivity contribution in [3.63, 3.8) is 0 Å². The third-order valence-corrected chi connectivity index (χ3v) is 6.39. The van der Waals surface area contributed by atoms with Gasteiger partial charge in [-0.2, -0.15) is 0 Å². The number of fused-ring (bicyclic) bond motifs is 1. The molecule has 3 rings (SSSR count). The van der Waals surface area contributed by atoms with Gasteiger partial charge in [0.2, 0.25) is 5.91 Å². The molecule has 1 aliphatic heterocycles. The number of pyridine rings is 1. The summed E-state index contributed by atoms with van der Waals surface area (Å²) in [5.74, 6) is -0.127. The van der Waals surface area contributed by atoms with E-state index in [-0.39, 0.29) is 42.4 Å². The molecule has 9 heteroatoms. The number of hydrogen-bond acceptors (Lipinski definition) is 6. The second kappa shape index (κ2) is 12.5. The molecule has 0 aliphatic carbocycles. The first-order valence-electron chi connectivity index (χ1n) is 12.3. The Labute approximate surface area is 212 Å². The monoisotopic (exact) mass is 496 g/mol. The Morgan fingerprint density at radius 1 is 1.17 bits per heavy atom. The van der Waals surface area contributed by atoms with E-state index in [2.05, 4.69) is 10.3 Å². The molecule has 3 amide bonds. The second-order valence-corrected chi connectivity index (χ2v) is 9.30. The molecular formula is C27H36N4O5. The number of hydrogen-bond donors (Lipinski definition) is 1. The van der Waals surface area contributed by atoms with Crippen LogP contribution < -0.4 is 10.1 Å². The molecule has 0 saturated carbocycles. The molecule has 9 nitrogen and oxygen atoms in total. The molecule has 36 heavy (non-hydrogen) atoms. The lowest BCUT2D eigenvalue weighted by Crippen LogP contribution is -2.48. The van der Waals surface area contributed by atoms with Crippen LogP contribution in [-0.2, 0) is 9.53 Å². The number of nitrogens with zero attached hydrogens (tertiary/aromatic N) is 3. The highest BCUT2D eigenvalue weighted by Crippen LogP contribution is 2.27. The summed E-state index contributed by atoms with van der Waals surface area (Å²) < 4.78 is 11.9. The molecule has 0 unspecified atom stereocenters. The topological polar surface area (TPSA) is 101 Å². The minimum Gasteiger partial charge on any atom is -0.491 e. The fourth-order valence-corrected chi connectivity index (χ4v) is 4.25. The van der Waals surface area contributed by atoms with Crippen LogP contribution in [0.25, 0.3) is 0 Å². The van der Waals surface area contributed by atoms with Crippen LogP contribution in [0.15, 0.2) is 42.7 Å². The number of likely N-dealkylation sites (N-methyl/N-ethyl adjacent to an activating group) is 1. The molecule has 1 aromatic heterocycles. The Balaban J connectivity index is 1.96. The Kier molecular flexibility index (Phi) is 9.41. The summed E-state index contributed by atoms with van der Waals surface area (Å²) in [7, 11) is 3.32. The normalized spacial score (nSPS) is 21.0. The molecule has 2 heterocycles. The summed E-state index contributed by atoms with van der Waals surface area (Å²) in [6, 6.07) is 8.15. The van der Waals surface area contributed by atoms with E-state index in [0.717, 1.165) is 6.42 Å². The van der Waals surface area contributed by atoms with Gasteiger partial charge in [0.25, 0.3) is 11.8 Å². The molecule has 0 fully saturated rings. The smallest absolute Gasteiger partial charge is 0.257 e. The number of amides is 3. The van der Waals surface area contributed by atoms with E-state index in [4.69, 9.17) is 9.47 Å². The van der Waals surface area contributed by atoms with Gasteiger partial charge in [-0.25, -0.2) is 0 Å². The van der Waals surface area contributed by atoms with Gasteiger partial charge in [0, 0.05) is 63.2 Å². The van der Waals surface area contributed by atoms with Gasteiger partial charge in [0.15, 0.2) is 0 Å². The van der Waals surface area contributed by atoms with E-state index in [1.807, 2.05) is 20.8 Å². The summed E-state index contributed by atoms with van der Waals surface area (Å²) in [4.78, 5) is 46.4. The fourth-order valence-electron chi connectivity index (χ4n) is 4.25. The molecule has 0 radical (unpaired) electrons. The highest BCUT2D eigenvalue weighted by atomic mass is 16.5. The van der Waals surface area contributed by atoms with Crippen molar-refractivity contribution in [2.45, 2.75) is 45.8 Å². The number of nitrogens with one attached hydrogen (secondary N) is 1. The van der Waals surface area contributed by atoms with Crippen LogP contribution in [0.4, 0.5) is 5.69 Å². The van der Waals surface area contributed by atoms with Gasteiger partial charge in [-0.3, -0.25) is 19.4 Å². The van der Waals surface area contributed by atoms with Gasteiger partial charge in [-0.15, -0.1) is 0 Å². The van der Waals surface area contributed by atoms with Gasteiger partial charge >= 0.3 is 0 Å². The van der Waals surface area contributed by atoms with Crippen LogP contribution in [0.5, 0.6) is 5.75 Å². The van der Waals surface area contributed by atoms with Crippen molar-refractivity contribution in [3.8, 4) is 5.75 Å². The number of benzene rings is 1. The predicted octanol–water partition coefficient (Wildman–Crippen LogP) is 3.47. The fraction of sp³-hybridized carbons (Fsp3) is 0.481. The first-order valence-corrected chi connectivity index (χ1v) is 12.3. The first-order chi connectivity index (χ1) is 17.2. The summed E-state index contributed by atoms with van der Waals surface area (Å²) in [6.45, 7) is 6.81. The van der Waals surface area contributed by atoms with E-state index in [1.54, 1.807) is 66.7 Å². The molecular weight excluding hydrogens is 460 g/mol. The van der Waals surface area contributed by atoms with Crippen LogP contribution in [0, 0.1) is 5.92 Å². The van der Waals surface area contributed by atoms with Gasteiger partial charge in [-0.05, 0) is 43.7 Å². The number of methoxy groups -OCH3 is 1. The van der Waals surface area contributed by atoms with Crippen molar-refractivity contribution in [1.82, 2.24) is 14.8 Å². The summed E-state index contributed by atoms with van der Waals surface area (Å²) in [6.07, 6.45) is 4.02. The van der Waals surface area contributed by atoms with Gasteiger partial charge in [0.05, 0.1) is 17.7 Å². The third kappa shape index (κ3) is 6.60. The van der Waals surface area contributed by atoms with E-state index in [9.17, 15) is 14.4 Å². The highest BCUT2D eigenvalue weighted by molar-refractivity contribution is 5.99. The molecule has 0 bridgehead atoms. The van der Waals surface area contributed by atoms with E-state index in [1.165, 1.54) is 0 Å². The number of aromatic nitrogens is 1. The zero-order valence-corrected chi connectivity index (χ0v) is 21.7. The number of anilines is 1. The number of ether oxygens (including phenoxy) is 2. The summed E-state index contributed by atoms with van der Waals surface area (Å²) in [5.41, 5.74) is 1.42. The molecule has 1 aliphatic rings. The molecule has 0 saturated heterocycles. The van der Waals surface area contributed by atoms with Crippen LogP contribution in [0.1, 0.15) is 54.3 Å². The van der Waals surface area contributed by atoms with Crippen molar-refractivity contribution in [3.05, 3.63) is 53.9 Å². The maximum atomic E-state index is 13.4. The average Bonchev–Trinajstić information content (AvgIpc) is 2.88. The molecule has 3 atom stereocenters. The maximum Gasteiger partial charge on any atom is 0.257 e. The minimum absolute atomic E-state index is 0.0583. The van der Waals surface area contributed by atoms with E-state index in [0.29, 0.717) is 42.1 Å². The van der Waals surface area contributed by atoms with E-state index < -0.39 is 0 Å². The summed E-state index contributed by atoms with van der Waals surface area (Å²) in [5, 5.41) is 2.84. The second-order valence-electron chi connectivity index (χ2n) is 9.30. The van der Waals surface area contributed by atoms with Gasteiger partial charge in [-0.1, -0.05) is 13.8 Å². The predicted molar refractivity (Wildman–Crippen MR) is 137 cm³/mol. The van der Waals surface area contributed by atoms with Crippen LogP contribution in [0.3, 0.4) is 0 Å². The van der Waals surface area contributed by atoms with Crippen LogP contribution in [-0.4, -0.2) is 78.5 Å². The van der Waals surface area contributed by atoms with Crippen LogP contribution in [0.2, 0.25) is 0 Å². The molecule has 2 aromatic rings. The van der Waals surface area contributed by atoms with Gasteiger partial charge < -0.3 is 24.6 Å². The van der Waals surface area contributed by atoms with E-state index >= 15 is 0 Å². The van der Waals surface area contributed by atoms with Gasteiger partial charge in [0.1, 0.15) is 12.4 Å². The van der Waals surface area contributed by atoms with Crippen LogP contribution >= 0.6 is 0 Å². The van der Waals surface area contributed by atoms with Crippen molar-refractivity contribution in [1.29, 1.82) is 0 Å². The molecule has 1 aromatic carbocycles. The number of rotatable bonds is 5. The highest BCUT2D eigenvalue weighted by Gasteiger charge is 2.31. The number of carbonyl (C=O) groups excluding carboxylic acids is 3. The van der Waals surface area contributed by atoms with Crippen molar-refractivity contribution in [2.24, 2.45) is 5.92 Å². The largest absolute Gasteiger partial charge is 0.491 e. The van der Waals surface area contributed by atoms with Crippen molar-refractivity contribution < 1.29 is 23.9 Å². The molecule has 194 valence electrons. The number of carbonyl (C=O) groups is 3. The summed E-state index contributed by atoms with van der Waals surface area (Å²) >= 11 is 0. The standard InChI is InChI=1S/C27H36N4O5/c1-6-7-25(32)29-21-8-9-23-22(14-21)27(34)30(4)16-24(35-5)18(2)15-31(19(3)17-36-23)26(33)20-10-12-28-13-11-20/h8-14,18-19,24H,6-7,15-17H2,1-5H3,(H,29,32)/t18-,19+,24+/m1/s1. The Bertz CT molecular complexity index is 1060. The quantitative estimate of drug-likeness (QED) is 0.680. The van der Waals surface area contributed by atoms with Crippen molar-refractivity contribution >= 4 is 23.4 Å². The zero-order chi connectivity index (χ0) is 26.2. The lowest BCUT2D eigenvalue weighted by atomic mass is 10.0. The Hall–Kier alpha value is -3.46. The van der Waals surface area contributed by atoms with Crippen molar-refractivity contribution in [2.75, 3.05) is 39.2 Å². The third-order valence-electron chi connectivity index (χ3n) is 6.39. The first kappa shape index (κ1) is 27.1. The lowest BCUT2D eigenvalue weighted by Gasteiger charge is -2.36. The zero-order valence-electron chi connectivity index (χ0n) is 21.7. The maximum absolute atomic E-state index is 13.4. The minimum atomic E-state index is -0.296. The molecule has 1 N–H and O–H groups in total. The Morgan fingerprint density at radius 2 is 1.89 bits per heavy atom. The average molecular weight is 497 g/mol.